The number of hydrogen-bond donors (Lipinski definition) is 1. The molecular formula is C9H11F2N3. The molecule has 0 unspecified atom stereocenters. The van der Waals surface area contributed by atoms with E-state index in [1.807, 2.05) is 0 Å². The minimum Gasteiger partial charge on any atom is -0.350 e. The van der Waals surface area contributed by atoms with E-state index < -0.39 is 6.17 Å². The van der Waals surface area contributed by atoms with Crippen molar-refractivity contribution in [1.82, 2.24) is 4.98 Å². The highest BCUT2D eigenvalue weighted by molar-refractivity contribution is 5.49. The second-order valence-corrected chi connectivity index (χ2v) is 3.30. The van der Waals surface area contributed by atoms with E-state index in [4.69, 9.17) is 5.73 Å². The van der Waals surface area contributed by atoms with Gasteiger partial charge in [-0.05, 0) is 6.07 Å². The largest absolute Gasteiger partial charge is 0.350 e. The highest BCUT2D eigenvalue weighted by Gasteiger charge is 2.29. The third-order valence-corrected chi connectivity index (χ3v) is 2.32. The second kappa shape index (κ2) is 3.49. The summed E-state index contributed by atoms with van der Waals surface area (Å²) in [4.78, 5) is 5.70. The molecule has 2 N–H and O–H groups in total. The highest BCUT2D eigenvalue weighted by Crippen LogP contribution is 2.25. The molecular weight excluding hydrogens is 188 g/mol. The summed E-state index contributed by atoms with van der Waals surface area (Å²) in [5.74, 6) is 0.0983. The Kier molecular flexibility index (Phi) is 2.33. The van der Waals surface area contributed by atoms with Gasteiger partial charge >= 0.3 is 0 Å². The number of hydrogen-bond acceptors (Lipinski definition) is 3. The summed E-state index contributed by atoms with van der Waals surface area (Å²) in [5.41, 5.74) is 5.76. The topological polar surface area (TPSA) is 42.1 Å². The lowest BCUT2D eigenvalue weighted by molar-refractivity contribution is 0.273. The zero-order valence-electron chi connectivity index (χ0n) is 7.58. The molecule has 0 saturated carbocycles. The number of pyridine rings is 1. The van der Waals surface area contributed by atoms with Gasteiger partial charge in [0.2, 0.25) is 0 Å². The summed E-state index contributed by atoms with van der Waals surface area (Å²) < 4.78 is 25.8. The molecule has 0 aromatic carbocycles. The summed E-state index contributed by atoms with van der Waals surface area (Å²) in [5, 5.41) is 0. The summed E-state index contributed by atoms with van der Waals surface area (Å²) in [6.07, 6.45) is 0.542. The Hall–Kier alpha value is -1.23. The number of alkyl halides is 1. The maximum absolute atomic E-state index is 13.2. The first-order valence-corrected chi connectivity index (χ1v) is 4.45. The highest BCUT2D eigenvalue weighted by atomic mass is 19.1. The predicted molar refractivity (Wildman–Crippen MR) is 49.2 cm³/mol. The lowest BCUT2D eigenvalue weighted by Crippen LogP contribution is -2.49. The quantitative estimate of drug-likeness (QED) is 0.767. The molecule has 14 heavy (non-hydrogen) atoms. The zero-order valence-corrected chi connectivity index (χ0v) is 7.58. The van der Waals surface area contributed by atoms with Gasteiger partial charge in [0.15, 0.2) is 0 Å². The van der Waals surface area contributed by atoms with Gasteiger partial charge in [-0.2, -0.15) is 0 Å². The number of rotatable bonds is 2. The lowest BCUT2D eigenvalue weighted by Gasteiger charge is -2.36. The molecule has 1 fully saturated rings. The molecule has 5 heteroatoms. The van der Waals surface area contributed by atoms with Gasteiger partial charge in [-0.25, -0.2) is 13.8 Å². The summed E-state index contributed by atoms with van der Waals surface area (Å²) in [6, 6.07) is 1.26. The number of nitrogens with zero attached hydrogens (tertiary/aromatic N) is 2. The normalized spacial score (nSPS) is 16.9. The molecule has 1 aromatic rings. The second-order valence-electron chi connectivity index (χ2n) is 3.30. The van der Waals surface area contributed by atoms with Gasteiger partial charge in [-0.15, -0.1) is 0 Å². The van der Waals surface area contributed by atoms with Gasteiger partial charge < -0.3 is 10.6 Å². The molecule has 0 aliphatic carbocycles. The summed E-state index contributed by atoms with van der Waals surface area (Å²) in [6.45, 7) is 0.648. The average molecular weight is 199 g/mol. The Morgan fingerprint density at radius 3 is 2.86 bits per heavy atom. The molecule has 1 aliphatic heterocycles. The van der Waals surface area contributed by atoms with Crippen LogP contribution in [0.5, 0.6) is 0 Å². The third kappa shape index (κ3) is 1.43. The number of anilines is 1. The number of halogens is 2. The van der Waals surface area contributed by atoms with Gasteiger partial charge in [0.1, 0.15) is 17.8 Å². The fourth-order valence-corrected chi connectivity index (χ4v) is 1.52. The Balaban J connectivity index is 2.28. The van der Waals surface area contributed by atoms with Crippen molar-refractivity contribution in [3.63, 3.8) is 0 Å². The van der Waals surface area contributed by atoms with Crippen molar-refractivity contribution in [3.05, 3.63) is 23.6 Å². The Bertz CT molecular complexity index is 337. The number of aromatic nitrogens is 1. The SMILES string of the molecule is NCc1c(F)ccnc1N1CC(F)C1. The zero-order chi connectivity index (χ0) is 10.1. The van der Waals surface area contributed by atoms with E-state index in [1.54, 1.807) is 4.90 Å². The molecule has 0 spiro atoms. The Morgan fingerprint density at radius 1 is 1.57 bits per heavy atom. The van der Waals surface area contributed by atoms with Crippen molar-refractivity contribution in [2.24, 2.45) is 5.73 Å². The standard InChI is InChI=1S/C9H11F2N3/c10-6-4-14(5-6)9-7(3-12)8(11)1-2-13-9/h1-2,6H,3-5,12H2. The molecule has 0 amide bonds. The van der Waals surface area contributed by atoms with Crippen LogP contribution in [0.15, 0.2) is 12.3 Å². The monoisotopic (exact) mass is 199 g/mol. The van der Waals surface area contributed by atoms with Crippen LogP contribution in [-0.2, 0) is 6.54 Å². The number of nitrogens with two attached hydrogens (primary N) is 1. The van der Waals surface area contributed by atoms with E-state index in [-0.39, 0.29) is 25.5 Å². The Morgan fingerprint density at radius 2 is 2.29 bits per heavy atom. The van der Waals surface area contributed by atoms with Crippen molar-refractivity contribution >= 4 is 5.82 Å². The van der Waals surface area contributed by atoms with Gasteiger partial charge in [-0.3, -0.25) is 0 Å². The van der Waals surface area contributed by atoms with E-state index in [2.05, 4.69) is 4.98 Å². The van der Waals surface area contributed by atoms with Crippen molar-refractivity contribution in [3.8, 4) is 0 Å². The lowest BCUT2D eigenvalue weighted by atomic mass is 10.1. The van der Waals surface area contributed by atoms with E-state index in [0.29, 0.717) is 11.4 Å². The van der Waals surface area contributed by atoms with Gasteiger partial charge in [0.25, 0.3) is 0 Å². The minimum absolute atomic E-state index is 0.0858. The first-order chi connectivity index (χ1) is 6.72. The smallest absolute Gasteiger partial charge is 0.136 e. The first-order valence-electron chi connectivity index (χ1n) is 4.45. The van der Waals surface area contributed by atoms with E-state index in [0.717, 1.165) is 0 Å². The fraction of sp³-hybridized carbons (Fsp3) is 0.444. The predicted octanol–water partition coefficient (Wildman–Crippen LogP) is 0.837. The van der Waals surface area contributed by atoms with Crippen LogP contribution in [0.1, 0.15) is 5.56 Å². The van der Waals surface area contributed by atoms with Crippen LogP contribution in [0.4, 0.5) is 14.6 Å². The average Bonchev–Trinajstić information content (AvgIpc) is 2.13. The van der Waals surface area contributed by atoms with Crippen LogP contribution in [0.3, 0.4) is 0 Å². The molecule has 0 radical (unpaired) electrons. The summed E-state index contributed by atoms with van der Waals surface area (Å²) in [7, 11) is 0. The van der Waals surface area contributed by atoms with Gasteiger partial charge in [0, 0.05) is 18.3 Å². The van der Waals surface area contributed by atoms with Crippen LogP contribution < -0.4 is 10.6 Å². The molecule has 1 aromatic heterocycles. The molecule has 0 bridgehead atoms. The van der Waals surface area contributed by atoms with Crippen LogP contribution in [-0.4, -0.2) is 24.2 Å². The fourth-order valence-electron chi connectivity index (χ4n) is 1.52. The van der Waals surface area contributed by atoms with Crippen molar-refractivity contribution in [2.45, 2.75) is 12.7 Å². The van der Waals surface area contributed by atoms with E-state index in [9.17, 15) is 8.78 Å². The van der Waals surface area contributed by atoms with Crippen molar-refractivity contribution in [1.29, 1.82) is 0 Å². The van der Waals surface area contributed by atoms with E-state index >= 15 is 0 Å². The van der Waals surface area contributed by atoms with Crippen LogP contribution in [0, 0.1) is 5.82 Å². The van der Waals surface area contributed by atoms with Gasteiger partial charge in [0.05, 0.1) is 13.1 Å². The third-order valence-electron chi connectivity index (χ3n) is 2.32. The molecule has 76 valence electrons. The molecule has 3 nitrogen and oxygen atoms in total. The van der Waals surface area contributed by atoms with E-state index in [1.165, 1.54) is 12.3 Å². The van der Waals surface area contributed by atoms with Crippen LogP contribution in [0.2, 0.25) is 0 Å². The maximum atomic E-state index is 13.2. The molecule has 1 aliphatic rings. The van der Waals surface area contributed by atoms with Crippen LogP contribution in [0.25, 0.3) is 0 Å². The van der Waals surface area contributed by atoms with Crippen molar-refractivity contribution < 1.29 is 8.78 Å². The maximum Gasteiger partial charge on any atom is 0.136 e. The minimum atomic E-state index is -0.828. The summed E-state index contributed by atoms with van der Waals surface area (Å²) >= 11 is 0. The van der Waals surface area contributed by atoms with Gasteiger partial charge in [-0.1, -0.05) is 0 Å². The molecule has 2 heterocycles. The molecule has 1 saturated heterocycles. The molecule has 2 rings (SSSR count). The first kappa shape index (κ1) is 9.33. The Labute approximate surface area is 80.5 Å². The van der Waals surface area contributed by atoms with Crippen LogP contribution >= 0.6 is 0 Å². The van der Waals surface area contributed by atoms with Crippen molar-refractivity contribution in [2.75, 3.05) is 18.0 Å². The molecule has 0 atom stereocenters.